The van der Waals surface area contributed by atoms with Crippen LogP contribution in [0.15, 0.2) is 29.3 Å². The second kappa shape index (κ2) is 8.74. The zero-order valence-electron chi connectivity index (χ0n) is 12.0. The molecule has 1 amide bonds. The number of nitrogens with zero attached hydrogens (tertiary/aromatic N) is 1. The normalized spacial score (nSPS) is 12.5. The van der Waals surface area contributed by atoms with Gasteiger partial charge in [-0.25, -0.2) is 9.79 Å². The maximum atomic E-state index is 12.0. The van der Waals surface area contributed by atoms with Crippen molar-refractivity contribution in [2.75, 3.05) is 5.88 Å². The molecule has 0 aliphatic heterocycles. The summed E-state index contributed by atoms with van der Waals surface area (Å²) in [6.07, 6.45) is -0.562. The van der Waals surface area contributed by atoms with Crippen LogP contribution < -0.4 is 11.1 Å². The number of rotatable bonds is 8. The van der Waals surface area contributed by atoms with Gasteiger partial charge in [0.1, 0.15) is 11.9 Å². The average Bonchev–Trinajstić information content (AvgIpc) is 2.51. The van der Waals surface area contributed by atoms with Crippen LogP contribution >= 0.6 is 11.6 Å². The van der Waals surface area contributed by atoms with Gasteiger partial charge >= 0.3 is 11.9 Å². The molecule has 23 heavy (non-hydrogen) atoms. The summed E-state index contributed by atoms with van der Waals surface area (Å²) in [7, 11) is 0. The first kappa shape index (κ1) is 18.4. The van der Waals surface area contributed by atoms with Crippen LogP contribution in [0.4, 0.5) is 5.69 Å². The van der Waals surface area contributed by atoms with Crippen molar-refractivity contribution in [2.45, 2.75) is 18.9 Å². The van der Waals surface area contributed by atoms with E-state index in [1.807, 2.05) is 0 Å². The zero-order valence-corrected chi connectivity index (χ0v) is 12.8. The fraction of sp³-hybridized carbons (Fsp3) is 0.286. The van der Waals surface area contributed by atoms with E-state index in [2.05, 4.69) is 10.3 Å². The number of carbonyl (C=O) groups excluding carboxylic acids is 1. The SMILES string of the molecule is NC(CCl)=Nc1ccc(C(=O)NC(CCC(=O)O)C(=O)O)cc1. The van der Waals surface area contributed by atoms with Gasteiger partial charge in [-0.05, 0) is 30.7 Å². The molecule has 1 rings (SSSR count). The summed E-state index contributed by atoms with van der Waals surface area (Å²) in [5.74, 6) is -2.75. The highest BCUT2D eigenvalue weighted by Gasteiger charge is 2.21. The molecule has 0 bridgehead atoms. The lowest BCUT2D eigenvalue weighted by Crippen LogP contribution is -2.41. The summed E-state index contributed by atoms with van der Waals surface area (Å²) in [6, 6.07) is 4.68. The van der Waals surface area contributed by atoms with Crippen LogP contribution in [0, 0.1) is 0 Å². The first-order chi connectivity index (χ1) is 10.8. The monoisotopic (exact) mass is 341 g/mol. The highest BCUT2D eigenvalue weighted by molar-refractivity contribution is 6.28. The van der Waals surface area contributed by atoms with Gasteiger partial charge in [0.25, 0.3) is 5.91 Å². The van der Waals surface area contributed by atoms with Gasteiger partial charge in [0, 0.05) is 12.0 Å². The largest absolute Gasteiger partial charge is 0.481 e. The van der Waals surface area contributed by atoms with Gasteiger partial charge in [0.15, 0.2) is 0 Å². The molecule has 1 unspecified atom stereocenters. The van der Waals surface area contributed by atoms with E-state index < -0.39 is 23.9 Å². The number of aliphatic carboxylic acids is 2. The number of halogens is 1. The lowest BCUT2D eigenvalue weighted by Gasteiger charge is -2.13. The van der Waals surface area contributed by atoms with Gasteiger partial charge in [-0.15, -0.1) is 11.6 Å². The van der Waals surface area contributed by atoms with Crippen molar-refractivity contribution in [3.8, 4) is 0 Å². The van der Waals surface area contributed by atoms with Crippen molar-refractivity contribution >= 4 is 41.0 Å². The molecule has 1 atom stereocenters. The van der Waals surface area contributed by atoms with Crippen molar-refractivity contribution in [2.24, 2.45) is 10.7 Å². The van der Waals surface area contributed by atoms with E-state index in [0.29, 0.717) is 5.69 Å². The lowest BCUT2D eigenvalue weighted by molar-refractivity contribution is -0.140. The molecular weight excluding hydrogens is 326 g/mol. The number of nitrogens with two attached hydrogens (primary N) is 1. The minimum atomic E-state index is -1.30. The second-order valence-corrected chi connectivity index (χ2v) is 4.85. The van der Waals surface area contributed by atoms with Gasteiger partial charge in [-0.3, -0.25) is 9.59 Å². The number of carboxylic acids is 2. The molecule has 0 saturated carbocycles. The minimum absolute atomic E-state index is 0.0755. The molecule has 1 aromatic carbocycles. The van der Waals surface area contributed by atoms with Crippen LogP contribution in [0.5, 0.6) is 0 Å². The number of hydrogen-bond donors (Lipinski definition) is 4. The van der Waals surface area contributed by atoms with Crippen LogP contribution in [0.2, 0.25) is 0 Å². The molecule has 124 valence electrons. The van der Waals surface area contributed by atoms with Gasteiger partial charge in [0.05, 0.1) is 11.6 Å². The lowest BCUT2D eigenvalue weighted by atomic mass is 10.1. The molecule has 0 spiro atoms. The van der Waals surface area contributed by atoms with E-state index in [0.717, 1.165) is 0 Å². The predicted molar refractivity (Wildman–Crippen MR) is 84.2 cm³/mol. The van der Waals surface area contributed by atoms with Crippen molar-refractivity contribution in [1.29, 1.82) is 0 Å². The molecule has 0 aromatic heterocycles. The second-order valence-electron chi connectivity index (χ2n) is 4.58. The van der Waals surface area contributed by atoms with Gasteiger partial charge in [-0.1, -0.05) is 0 Å². The Morgan fingerprint density at radius 1 is 1.22 bits per heavy atom. The van der Waals surface area contributed by atoms with E-state index in [1.165, 1.54) is 24.3 Å². The first-order valence-electron chi connectivity index (χ1n) is 6.58. The first-order valence-corrected chi connectivity index (χ1v) is 7.11. The molecule has 0 aliphatic rings. The third kappa shape index (κ3) is 6.35. The van der Waals surface area contributed by atoms with Crippen molar-refractivity contribution < 1.29 is 24.6 Å². The third-order valence-corrected chi connectivity index (χ3v) is 3.06. The minimum Gasteiger partial charge on any atom is -0.481 e. The number of carbonyl (C=O) groups is 3. The Kier molecular flexibility index (Phi) is 7.01. The van der Waals surface area contributed by atoms with Gasteiger partial charge in [0.2, 0.25) is 0 Å². The Hall–Kier alpha value is -2.61. The highest BCUT2D eigenvalue weighted by atomic mass is 35.5. The van der Waals surface area contributed by atoms with E-state index in [9.17, 15) is 14.4 Å². The van der Waals surface area contributed by atoms with Crippen LogP contribution in [0.3, 0.4) is 0 Å². The summed E-state index contributed by atoms with van der Waals surface area (Å²) in [4.78, 5) is 37.5. The third-order valence-electron chi connectivity index (χ3n) is 2.79. The summed E-state index contributed by atoms with van der Waals surface area (Å²) < 4.78 is 0. The number of nitrogens with one attached hydrogen (secondary N) is 1. The Balaban J connectivity index is 2.76. The molecule has 1 aromatic rings. The Labute approximate surface area is 137 Å². The average molecular weight is 342 g/mol. The van der Waals surface area contributed by atoms with E-state index >= 15 is 0 Å². The summed E-state index contributed by atoms with van der Waals surface area (Å²) >= 11 is 5.51. The summed E-state index contributed by atoms with van der Waals surface area (Å²) in [5, 5.41) is 19.9. The Bertz CT molecular complexity index is 615. The van der Waals surface area contributed by atoms with E-state index in [1.54, 1.807) is 0 Å². The number of benzene rings is 1. The molecule has 0 heterocycles. The number of amidine groups is 1. The molecule has 9 heteroatoms. The number of amides is 1. The molecule has 5 N–H and O–H groups in total. The quantitative estimate of drug-likeness (QED) is 0.315. The van der Waals surface area contributed by atoms with Crippen LogP contribution in [-0.4, -0.2) is 45.8 Å². The topological polar surface area (TPSA) is 142 Å². The highest BCUT2D eigenvalue weighted by Crippen LogP contribution is 2.13. The van der Waals surface area contributed by atoms with Crippen molar-refractivity contribution in [3.63, 3.8) is 0 Å². The Morgan fingerprint density at radius 2 is 1.83 bits per heavy atom. The standard InChI is InChI=1S/C14H16ClN3O5/c15-7-11(16)17-9-3-1-8(2-4-9)13(21)18-10(14(22)23)5-6-12(19)20/h1-4,10H,5-7H2,(H2,16,17)(H,18,21)(H,19,20)(H,22,23). The molecule has 8 nitrogen and oxygen atoms in total. The maximum Gasteiger partial charge on any atom is 0.326 e. The van der Waals surface area contributed by atoms with Gasteiger partial charge in [-0.2, -0.15) is 0 Å². The summed E-state index contributed by atoms with van der Waals surface area (Å²) in [6.45, 7) is 0. The van der Waals surface area contributed by atoms with Gasteiger partial charge < -0.3 is 21.3 Å². The van der Waals surface area contributed by atoms with Crippen molar-refractivity contribution in [1.82, 2.24) is 5.32 Å². The molecule has 0 fully saturated rings. The molecular formula is C14H16ClN3O5. The number of carboxylic acid groups (broad SMARTS) is 2. The molecule has 0 radical (unpaired) electrons. The number of hydrogen-bond acceptors (Lipinski definition) is 4. The van der Waals surface area contributed by atoms with Crippen LogP contribution in [0.1, 0.15) is 23.2 Å². The molecule has 0 saturated heterocycles. The summed E-state index contributed by atoms with van der Waals surface area (Å²) in [5.41, 5.74) is 6.20. The maximum absolute atomic E-state index is 12.0. The predicted octanol–water partition coefficient (Wildman–Crippen LogP) is 0.962. The van der Waals surface area contributed by atoms with Crippen LogP contribution in [0.25, 0.3) is 0 Å². The van der Waals surface area contributed by atoms with Crippen LogP contribution in [-0.2, 0) is 9.59 Å². The fourth-order valence-electron chi connectivity index (χ4n) is 1.65. The zero-order chi connectivity index (χ0) is 17.4. The van der Waals surface area contributed by atoms with E-state index in [4.69, 9.17) is 27.5 Å². The number of alkyl halides is 1. The number of aliphatic imine (C=N–C) groups is 1. The smallest absolute Gasteiger partial charge is 0.326 e. The Morgan fingerprint density at radius 3 is 2.30 bits per heavy atom. The van der Waals surface area contributed by atoms with E-state index in [-0.39, 0.29) is 30.1 Å². The fourth-order valence-corrected chi connectivity index (χ4v) is 1.71. The molecule has 0 aliphatic carbocycles. The van der Waals surface area contributed by atoms with Crippen molar-refractivity contribution in [3.05, 3.63) is 29.8 Å².